The van der Waals surface area contributed by atoms with Gasteiger partial charge < -0.3 is 9.05 Å². The first-order valence-corrected chi connectivity index (χ1v) is 9.19. The number of carbonyl (C=O) groups is 1. The van der Waals surface area contributed by atoms with Crippen molar-refractivity contribution >= 4 is 13.4 Å². The molecule has 5 heteroatoms. The van der Waals surface area contributed by atoms with Crippen LogP contribution in [-0.2, 0) is 18.4 Å². The molecule has 4 nitrogen and oxygen atoms in total. The van der Waals surface area contributed by atoms with Gasteiger partial charge in [0.05, 0.1) is 19.4 Å². The van der Waals surface area contributed by atoms with Crippen LogP contribution in [0, 0.1) is 0 Å². The predicted octanol–water partition coefficient (Wildman–Crippen LogP) is 4.43. The molecule has 0 amide bonds. The lowest BCUT2D eigenvalue weighted by atomic mass is 9.88. The summed E-state index contributed by atoms with van der Waals surface area (Å²) in [7, 11) is -3.05. The van der Waals surface area contributed by atoms with Gasteiger partial charge in [0.25, 0.3) is 0 Å². The molecule has 0 atom stereocenters. The Labute approximate surface area is 127 Å². The molecule has 0 aliphatic heterocycles. The molecule has 0 aromatic carbocycles. The van der Waals surface area contributed by atoms with Gasteiger partial charge >= 0.3 is 7.60 Å². The summed E-state index contributed by atoms with van der Waals surface area (Å²) >= 11 is 0. The molecule has 0 radical (unpaired) electrons. The molecular formula is C16H25O4P. The van der Waals surface area contributed by atoms with Crippen molar-refractivity contribution in [2.45, 2.75) is 39.5 Å². The molecule has 1 aliphatic carbocycles. The molecule has 0 N–H and O–H groups in total. The fourth-order valence-corrected chi connectivity index (χ4v) is 3.79. The largest absolute Gasteiger partial charge is 0.334 e. The van der Waals surface area contributed by atoms with E-state index in [1.807, 2.05) is 6.08 Å². The number of hydrogen-bond acceptors (Lipinski definition) is 4. The van der Waals surface area contributed by atoms with Gasteiger partial charge in [0.2, 0.25) is 0 Å². The second kappa shape index (κ2) is 9.14. The number of ketones is 1. The van der Waals surface area contributed by atoms with Gasteiger partial charge in [0.15, 0.2) is 5.78 Å². The van der Waals surface area contributed by atoms with Crippen molar-refractivity contribution in [3.05, 3.63) is 36.0 Å². The summed E-state index contributed by atoms with van der Waals surface area (Å²) < 4.78 is 22.8. The van der Waals surface area contributed by atoms with E-state index in [2.05, 4.69) is 6.58 Å². The molecule has 0 aromatic heterocycles. The average Bonchev–Trinajstić information content (AvgIpc) is 2.43. The zero-order chi connectivity index (χ0) is 15.7. The van der Waals surface area contributed by atoms with Gasteiger partial charge in [0.1, 0.15) is 0 Å². The molecule has 118 valence electrons. The molecule has 0 bridgehead atoms. The minimum absolute atomic E-state index is 0.193. The lowest BCUT2D eigenvalue weighted by molar-refractivity contribution is -0.116. The SMILES string of the molecule is C=CCC1=C(/C=C/CP(=O)(OCC)OCC)CCCC1=O. The monoisotopic (exact) mass is 312 g/mol. The Morgan fingerprint density at radius 3 is 2.48 bits per heavy atom. The first-order valence-electron chi connectivity index (χ1n) is 7.47. The fraction of sp³-hybridized carbons (Fsp3) is 0.562. The standard InChI is InChI=1S/C16H25O4P/c1-4-9-15-14(10-7-12-16(15)17)11-8-13-21(18,19-5-2)20-6-3/h4,8,11H,1,5-7,9-10,12-13H2,2-3H3/b11-8+. The minimum atomic E-state index is -3.05. The van der Waals surface area contributed by atoms with Crippen molar-refractivity contribution in [1.29, 1.82) is 0 Å². The molecule has 0 fully saturated rings. The van der Waals surface area contributed by atoms with Crippen molar-refractivity contribution < 1.29 is 18.4 Å². The van der Waals surface area contributed by atoms with Crippen LogP contribution >= 0.6 is 7.60 Å². The molecule has 0 aromatic rings. The maximum Gasteiger partial charge on any atom is 0.334 e. The van der Waals surface area contributed by atoms with Crippen LogP contribution < -0.4 is 0 Å². The molecule has 0 saturated heterocycles. The van der Waals surface area contributed by atoms with Crippen LogP contribution in [0.3, 0.4) is 0 Å². The van der Waals surface area contributed by atoms with Gasteiger partial charge in [-0.05, 0) is 38.7 Å². The maximum absolute atomic E-state index is 12.3. The summed E-state index contributed by atoms with van der Waals surface area (Å²) in [5.74, 6) is 0.193. The van der Waals surface area contributed by atoms with E-state index in [4.69, 9.17) is 9.05 Å². The van der Waals surface area contributed by atoms with Crippen molar-refractivity contribution in [1.82, 2.24) is 0 Å². The molecule has 0 spiro atoms. The molecule has 1 rings (SSSR count). The lowest BCUT2D eigenvalue weighted by Crippen LogP contribution is -2.10. The molecule has 0 unspecified atom stereocenters. The molecular weight excluding hydrogens is 287 g/mol. The van der Waals surface area contributed by atoms with E-state index in [9.17, 15) is 9.36 Å². The van der Waals surface area contributed by atoms with E-state index in [-0.39, 0.29) is 11.9 Å². The van der Waals surface area contributed by atoms with Gasteiger partial charge in [-0.2, -0.15) is 0 Å². The predicted molar refractivity (Wildman–Crippen MR) is 85.6 cm³/mol. The molecule has 1 aliphatic rings. The highest BCUT2D eigenvalue weighted by atomic mass is 31.2. The van der Waals surface area contributed by atoms with Gasteiger partial charge in [-0.1, -0.05) is 18.2 Å². The minimum Gasteiger partial charge on any atom is -0.309 e. The number of carbonyl (C=O) groups excluding carboxylic acids is 1. The molecule has 0 saturated carbocycles. The topological polar surface area (TPSA) is 52.6 Å². The number of Topliss-reactive ketones (excluding diaryl/α,β-unsaturated/α-hetero) is 1. The van der Waals surface area contributed by atoms with Crippen LogP contribution in [0.5, 0.6) is 0 Å². The summed E-state index contributed by atoms with van der Waals surface area (Å²) in [6.45, 7) is 7.99. The molecule has 21 heavy (non-hydrogen) atoms. The summed E-state index contributed by atoms with van der Waals surface area (Å²) in [5, 5.41) is 0. The third-order valence-corrected chi connectivity index (χ3v) is 5.18. The Hall–Kier alpha value is -0.960. The second-order valence-electron chi connectivity index (χ2n) is 4.80. The van der Waals surface area contributed by atoms with Gasteiger partial charge in [-0.25, -0.2) is 0 Å². The Bertz CT molecular complexity index is 467. The zero-order valence-corrected chi connectivity index (χ0v) is 13.9. The number of rotatable bonds is 9. The maximum atomic E-state index is 12.3. The van der Waals surface area contributed by atoms with Crippen LogP contribution in [-0.4, -0.2) is 25.2 Å². The van der Waals surface area contributed by atoms with E-state index < -0.39 is 7.60 Å². The highest BCUT2D eigenvalue weighted by Crippen LogP contribution is 2.48. The lowest BCUT2D eigenvalue weighted by Gasteiger charge is -2.17. The summed E-state index contributed by atoms with van der Waals surface area (Å²) in [5.41, 5.74) is 1.85. The van der Waals surface area contributed by atoms with Crippen molar-refractivity contribution in [2.24, 2.45) is 0 Å². The van der Waals surface area contributed by atoms with Crippen LogP contribution in [0.1, 0.15) is 39.5 Å². The van der Waals surface area contributed by atoms with E-state index in [0.29, 0.717) is 26.1 Å². The van der Waals surface area contributed by atoms with Gasteiger partial charge in [-0.15, -0.1) is 6.58 Å². The third-order valence-electron chi connectivity index (χ3n) is 3.22. The summed E-state index contributed by atoms with van der Waals surface area (Å²) in [4.78, 5) is 11.9. The van der Waals surface area contributed by atoms with Crippen LogP contribution in [0.2, 0.25) is 0 Å². The Balaban J connectivity index is 2.81. The Morgan fingerprint density at radius 1 is 1.24 bits per heavy atom. The average molecular weight is 312 g/mol. The zero-order valence-electron chi connectivity index (χ0n) is 13.0. The van der Waals surface area contributed by atoms with Crippen molar-refractivity contribution in [3.63, 3.8) is 0 Å². The summed E-state index contributed by atoms with van der Waals surface area (Å²) in [6, 6.07) is 0. The Morgan fingerprint density at radius 2 is 1.90 bits per heavy atom. The first kappa shape index (κ1) is 18.1. The second-order valence-corrected chi connectivity index (χ2v) is 6.91. The smallest absolute Gasteiger partial charge is 0.309 e. The number of allylic oxidation sites excluding steroid dienone is 5. The van der Waals surface area contributed by atoms with Gasteiger partial charge in [0, 0.05) is 12.0 Å². The fourth-order valence-electron chi connectivity index (χ4n) is 2.35. The van der Waals surface area contributed by atoms with E-state index in [1.165, 1.54) is 0 Å². The highest BCUT2D eigenvalue weighted by Gasteiger charge is 2.22. The van der Waals surface area contributed by atoms with E-state index in [0.717, 1.165) is 24.0 Å². The van der Waals surface area contributed by atoms with Crippen LogP contribution in [0.25, 0.3) is 0 Å². The third kappa shape index (κ3) is 5.74. The molecule has 0 heterocycles. The highest BCUT2D eigenvalue weighted by molar-refractivity contribution is 7.54. The van der Waals surface area contributed by atoms with Gasteiger partial charge in [-0.3, -0.25) is 9.36 Å². The van der Waals surface area contributed by atoms with Crippen molar-refractivity contribution in [2.75, 3.05) is 19.4 Å². The summed E-state index contributed by atoms with van der Waals surface area (Å²) in [6.07, 6.45) is 8.60. The normalized spacial score (nSPS) is 16.8. The number of hydrogen-bond donors (Lipinski definition) is 0. The first-order chi connectivity index (χ1) is 10.1. The van der Waals surface area contributed by atoms with Crippen molar-refractivity contribution in [3.8, 4) is 0 Å². The Kier molecular flexibility index (Phi) is 7.87. The van der Waals surface area contributed by atoms with E-state index in [1.54, 1.807) is 26.0 Å². The van der Waals surface area contributed by atoms with Crippen LogP contribution in [0.4, 0.5) is 0 Å². The van der Waals surface area contributed by atoms with E-state index >= 15 is 0 Å². The van der Waals surface area contributed by atoms with Crippen LogP contribution in [0.15, 0.2) is 36.0 Å². The quantitative estimate of drug-likeness (QED) is 0.467.